The Labute approximate surface area is 772 Å². The Balaban J connectivity index is 0.768. The number of aromatic nitrogens is 5. The van der Waals surface area contributed by atoms with E-state index in [4.69, 9.17) is 6.57 Å². The first-order valence-corrected chi connectivity index (χ1v) is 41.7. The second kappa shape index (κ2) is 32.2. The molecule has 140 heavy (non-hydrogen) atoms. The Morgan fingerprint density at radius 1 is 0.186 bits per heavy atom. The molecule has 0 radical (unpaired) electrons. The summed E-state index contributed by atoms with van der Waals surface area (Å²) in [7, 11) is 0. The Morgan fingerprint density at radius 2 is 0.336 bits per heavy atom. The third kappa shape index (κ3) is 12.3. The second-order valence-electron chi connectivity index (χ2n) is 32.2. The van der Waals surface area contributed by atoms with Crippen molar-refractivity contribution in [3.8, 4) is 52.7 Å². The fourth-order valence-electron chi connectivity index (χ4n) is 19.1. The quantitative estimate of drug-likeness (QED) is 0.0601. The maximum Gasteiger partial charge on any atom is 0.263 e. The predicted molar refractivity (Wildman–Crippen MR) is 486 cm³/mol. The Kier molecular flexibility index (Phi) is 19.9. The van der Waals surface area contributed by atoms with Crippen molar-refractivity contribution in [3.05, 3.63) is 411 Å². The molecule has 33 heteroatoms. The van der Waals surface area contributed by atoms with E-state index in [-0.39, 0.29) is 160 Å². The average Bonchev–Trinajstić information content (AvgIpc) is 1.57. The number of halogens is 20. The molecule has 22 rings (SSSR count). The van der Waals surface area contributed by atoms with Gasteiger partial charge in [-0.2, -0.15) is 21.0 Å². The molecular weight excluding hydrogens is 1850 g/mol. The normalized spacial score (nSPS) is 11.7. The van der Waals surface area contributed by atoms with Gasteiger partial charge in [0, 0.05) is 105 Å². The summed E-state index contributed by atoms with van der Waals surface area (Å²) in [5.74, 6) is -39.1. The van der Waals surface area contributed by atoms with Crippen molar-refractivity contribution >= 4 is 166 Å². The molecule has 0 atom stereocenters. The maximum absolute atomic E-state index is 16.6. The summed E-state index contributed by atoms with van der Waals surface area (Å²) < 4.78 is 329. The number of fused-ring (bicyclic) bond motifs is 15. The van der Waals surface area contributed by atoms with Crippen LogP contribution >= 0.6 is 0 Å². The largest absolute Gasteiger partial charge is 0.310 e. The van der Waals surface area contributed by atoms with Crippen molar-refractivity contribution in [1.29, 1.82) is 21.0 Å². The summed E-state index contributed by atoms with van der Waals surface area (Å²) in [6.45, 7) is 7.36. The highest BCUT2D eigenvalue weighted by molar-refractivity contribution is 6.16. The van der Waals surface area contributed by atoms with Crippen molar-refractivity contribution in [2.75, 3.05) is 14.7 Å². The molecule has 0 N–H and O–H groups in total. The van der Waals surface area contributed by atoms with Crippen LogP contribution in [0.5, 0.6) is 0 Å². The summed E-state index contributed by atoms with van der Waals surface area (Å²) in [6, 6.07) is 69.5. The first kappa shape index (κ1) is 86.6. The molecule has 0 bridgehead atoms. The minimum atomic E-state index is -2.00. The second-order valence-corrected chi connectivity index (χ2v) is 32.2. The average molecular weight is 1890 g/mol. The number of anilines is 9. The number of hydrogen-bond donors (Lipinski definition) is 0. The summed E-state index contributed by atoms with van der Waals surface area (Å²) in [4.78, 5) is 7.62. The van der Waals surface area contributed by atoms with Gasteiger partial charge < -0.3 is 37.5 Å². The monoisotopic (exact) mass is 1890 g/mol. The number of para-hydroxylation sites is 5. The van der Waals surface area contributed by atoms with Gasteiger partial charge in [-0.3, -0.25) is 0 Å². The minimum Gasteiger partial charge on any atom is -0.310 e. The number of rotatable bonds is 14. The molecule has 0 unspecified atom stereocenters. The van der Waals surface area contributed by atoms with Crippen LogP contribution in [0.4, 0.5) is 145 Å². The highest BCUT2D eigenvalue weighted by Crippen LogP contribution is 2.52. The smallest absolute Gasteiger partial charge is 0.263 e. The molecule has 0 aliphatic heterocycles. The topological polar surface area (TPSA) is 134 Å². The van der Waals surface area contributed by atoms with Gasteiger partial charge in [-0.05, 0) is 170 Å². The lowest BCUT2D eigenvalue weighted by molar-refractivity contribution is 0.446. The first-order chi connectivity index (χ1) is 67.6. The van der Waals surface area contributed by atoms with Gasteiger partial charge in [0.25, 0.3) is 5.69 Å². The van der Waals surface area contributed by atoms with E-state index in [2.05, 4.69) is 4.85 Å². The summed E-state index contributed by atoms with van der Waals surface area (Å²) in [6.07, 6.45) is 0. The van der Waals surface area contributed by atoms with E-state index in [1.54, 1.807) is 154 Å². The highest BCUT2D eigenvalue weighted by Gasteiger charge is 2.38. The van der Waals surface area contributed by atoms with Gasteiger partial charge in [-0.1, -0.05) is 91.0 Å². The fraction of sp³-hybridized carbons (Fsp3) is 0. The van der Waals surface area contributed by atoms with Crippen LogP contribution in [-0.2, 0) is 0 Å². The van der Waals surface area contributed by atoms with Crippen molar-refractivity contribution < 1.29 is 87.8 Å². The lowest BCUT2D eigenvalue weighted by Crippen LogP contribution is -2.13. The molecule has 0 amide bonds. The van der Waals surface area contributed by atoms with Crippen molar-refractivity contribution in [1.82, 2.24) is 22.8 Å². The fourth-order valence-corrected chi connectivity index (χ4v) is 19.1. The van der Waals surface area contributed by atoms with Gasteiger partial charge in [0.2, 0.25) is 0 Å². The SMILES string of the molecule is [C-]#[N+]c1c(F)c(F)c(-n2c3ccccc3c3cc(N(c4ccc(N(c5ccc(N(c6ccc7c(c6)c6ccccc6n7-c6c(F)c(F)c(C#N)c(F)c6F)c6ccc7c(c6)c6ccccc6n7-c6c(F)c(F)c(C#N)c(F)c6F)cc5)c5ccc6c(c5)c5ccccc5n6-c5c(F)c(F)c(C#N)c(F)c5F)cc4)c4ccc5c(c4)c4ccccc4n5-c4c(F)c(F)c(C#N)c(F)c4F)ccc32)c(F)c1F. The van der Waals surface area contributed by atoms with Crippen molar-refractivity contribution in [2.24, 2.45) is 0 Å². The maximum atomic E-state index is 16.6. The molecule has 5 heterocycles. The molecule has 0 saturated carbocycles. The molecule has 13 nitrogen and oxygen atoms in total. The molecule has 0 spiro atoms. The van der Waals surface area contributed by atoms with E-state index in [9.17, 15) is 21.0 Å². The Bertz CT molecular complexity index is 8590. The standard InChI is InChI=1S/C107H43F20N13/c1-132-102-90(116)100(126)107(101(127)91(102)117)140-76-21-11-6-16-62(76)67-44-57(34-39-81(67)140)135(56-33-38-80-66(43-56)61-15-5-10-20-75(61)139(80)106-98(124)88(114)71(48-131)89(115)99(106)125)52-28-24-50(25-29-52)133(53-30-35-77-63(40-53)58-12-2-7-17-72(58)136(77)103-92(118)82(108)68(45-128)83(109)93(103)119)49-22-26-51(27-23-49)134(54-31-36-78-64(41-54)59-13-3-8-18-73(59)137(78)104-94(120)84(110)69(46-129)85(111)95(104)121)55-32-37-79-65(42-55)60-14-4-9-19-74(60)138(79)105-96(122)86(112)70(47-130)87(113)97(105)123/h2-44H. The van der Waals surface area contributed by atoms with Gasteiger partial charge in [0.15, 0.2) is 116 Å². The molecule has 0 fully saturated rings. The lowest BCUT2D eigenvalue weighted by Gasteiger charge is -2.30. The first-order valence-electron chi connectivity index (χ1n) is 41.7. The van der Waals surface area contributed by atoms with Crippen LogP contribution < -0.4 is 14.7 Å². The zero-order chi connectivity index (χ0) is 97.6. The Hall–Kier alpha value is -18.8. The van der Waals surface area contributed by atoms with E-state index in [1.165, 1.54) is 121 Å². The van der Waals surface area contributed by atoms with Crippen LogP contribution in [-0.4, -0.2) is 22.8 Å². The van der Waals surface area contributed by atoms with Crippen molar-refractivity contribution in [2.45, 2.75) is 0 Å². The van der Waals surface area contributed by atoms with Crippen molar-refractivity contribution in [3.63, 3.8) is 0 Å². The van der Waals surface area contributed by atoms with E-state index >= 15 is 87.8 Å². The zero-order valence-electron chi connectivity index (χ0n) is 70.2. The predicted octanol–water partition coefficient (Wildman–Crippen LogP) is 30.4. The number of benzene rings is 17. The minimum absolute atomic E-state index is 0.00100. The molecule has 0 saturated heterocycles. The van der Waals surface area contributed by atoms with E-state index in [0.29, 0.717) is 0 Å². The van der Waals surface area contributed by atoms with Gasteiger partial charge in [-0.25, -0.2) is 92.7 Å². The molecule has 0 aliphatic carbocycles. The van der Waals surface area contributed by atoms with Gasteiger partial charge in [-0.15, -0.1) is 0 Å². The number of nitrogens with zero attached hydrogens (tertiary/aromatic N) is 13. The van der Waals surface area contributed by atoms with Gasteiger partial charge in [0.1, 0.15) is 75.0 Å². The van der Waals surface area contributed by atoms with Crippen LogP contribution in [0, 0.1) is 168 Å². The Morgan fingerprint density at radius 3 is 0.507 bits per heavy atom. The van der Waals surface area contributed by atoms with Gasteiger partial charge >= 0.3 is 0 Å². The third-order valence-corrected chi connectivity index (χ3v) is 25.2. The molecular formula is C107H43F20N13. The summed E-state index contributed by atoms with van der Waals surface area (Å²) in [5, 5.41) is 40.6. The summed E-state index contributed by atoms with van der Waals surface area (Å²) >= 11 is 0. The summed E-state index contributed by atoms with van der Waals surface area (Å²) in [5.41, 5.74) is -12.2. The molecule has 22 aromatic rings. The third-order valence-electron chi connectivity index (χ3n) is 25.2. The number of nitriles is 4. The van der Waals surface area contributed by atoms with E-state index in [1.807, 2.05) is 0 Å². The molecule has 676 valence electrons. The van der Waals surface area contributed by atoms with Crippen LogP contribution in [0.1, 0.15) is 22.3 Å². The molecule has 0 aliphatic rings. The highest BCUT2D eigenvalue weighted by atomic mass is 19.2. The van der Waals surface area contributed by atoms with Crippen LogP contribution in [0.15, 0.2) is 261 Å². The molecule has 5 aromatic heterocycles. The lowest BCUT2D eigenvalue weighted by atomic mass is 10.1. The zero-order valence-corrected chi connectivity index (χ0v) is 70.2. The van der Waals surface area contributed by atoms with E-state index in [0.717, 1.165) is 47.1 Å². The van der Waals surface area contributed by atoms with Crippen LogP contribution in [0.25, 0.3) is 142 Å². The molecule has 17 aromatic carbocycles. The van der Waals surface area contributed by atoms with Crippen LogP contribution in [0.2, 0.25) is 0 Å². The number of hydrogen-bond acceptors (Lipinski definition) is 7. The van der Waals surface area contributed by atoms with E-state index < -0.39 is 173 Å². The van der Waals surface area contributed by atoms with Gasteiger partial charge in [0.05, 0.1) is 61.7 Å². The van der Waals surface area contributed by atoms with Crippen LogP contribution in [0.3, 0.4) is 0 Å².